The molecule has 1 aromatic carbocycles. The zero-order valence-electron chi connectivity index (χ0n) is 13.9. The Bertz CT molecular complexity index is 479. The maximum absolute atomic E-state index is 11.5. The van der Waals surface area contributed by atoms with Gasteiger partial charge in [0.25, 0.3) is 0 Å². The van der Waals surface area contributed by atoms with Gasteiger partial charge in [-0.3, -0.25) is 9.69 Å². The van der Waals surface area contributed by atoms with Crippen LogP contribution < -0.4 is 4.74 Å². The van der Waals surface area contributed by atoms with Gasteiger partial charge < -0.3 is 9.47 Å². The lowest BCUT2D eigenvalue weighted by atomic mass is 10.1. The van der Waals surface area contributed by atoms with Crippen LogP contribution in [0.5, 0.6) is 5.75 Å². The largest absolute Gasteiger partial charge is 0.493 e. The number of carbonyl (C=O) groups is 1. The average molecular weight is 305 g/mol. The molecule has 0 saturated carbocycles. The molecule has 0 unspecified atom stereocenters. The van der Waals surface area contributed by atoms with Crippen LogP contribution in [0.2, 0.25) is 0 Å². The van der Waals surface area contributed by atoms with Gasteiger partial charge in [-0.05, 0) is 52.3 Å². The second-order valence-corrected chi connectivity index (χ2v) is 6.12. The van der Waals surface area contributed by atoms with Crippen molar-refractivity contribution in [2.45, 2.75) is 45.8 Å². The average Bonchev–Trinajstić information content (AvgIpc) is 2.46. The van der Waals surface area contributed by atoms with E-state index in [4.69, 9.17) is 9.47 Å². The molecular formula is C18H27NO3. The minimum Gasteiger partial charge on any atom is -0.493 e. The van der Waals surface area contributed by atoms with Crippen molar-refractivity contribution in [1.29, 1.82) is 0 Å². The summed E-state index contributed by atoms with van der Waals surface area (Å²) in [6.45, 7) is 9.59. The quantitative estimate of drug-likeness (QED) is 0.573. The Balaban J connectivity index is 1.68. The van der Waals surface area contributed by atoms with Gasteiger partial charge in [0.1, 0.15) is 5.75 Å². The van der Waals surface area contributed by atoms with Gasteiger partial charge in [-0.1, -0.05) is 12.1 Å². The van der Waals surface area contributed by atoms with E-state index in [9.17, 15) is 4.79 Å². The van der Waals surface area contributed by atoms with E-state index in [0.717, 1.165) is 32.5 Å². The maximum atomic E-state index is 11.5. The van der Waals surface area contributed by atoms with Gasteiger partial charge in [0, 0.05) is 13.1 Å². The van der Waals surface area contributed by atoms with Crippen molar-refractivity contribution in [2.75, 3.05) is 26.2 Å². The van der Waals surface area contributed by atoms with Crippen molar-refractivity contribution in [3.8, 4) is 5.75 Å². The zero-order chi connectivity index (χ0) is 15.9. The molecule has 1 saturated heterocycles. The van der Waals surface area contributed by atoms with Crippen LogP contribution in [0.25, 0.3) is 0 Å². The third kappa shape index (κ3) is 5.11. The van der Waals surface area contributed by atoms with Crippen LogP contribution in [0, 0.1) is 0 Å². The van der Waals surface area contributed by atoms with Crippen molar-refractivity contribution in [3.05, 3.63) is 29.8 Å². The highest BCUT2D eigenvalue weighted by Gasteiger charge is 2.21. The number of rotatable bonds is 7. The van der Waals surface area contributed by atoms with Crippen molar-refractivity contribution in [2.24, 2.45) is 0 Å². The number of morpholine rings is 1. The number of ether oxygens (including phenoxy) is 2. The highest BCUT2D eigenvalue weighted by atomic mass is 16.5. The minimum absolute atomic E-state index is 0.0480. The molecule has 1 aromatic rings. The van der Waals surface area contributed by atoms with Crippen LogP contribution in [0.1, 0.15) is 44.0 Å². The van der Waals surface area contributed by atoms with Gasteiger partial charge >= 0.3 is 0 Å². The number of para-hydroxylation sites is 1. The molecule has 0 N–H and O–H groups in total. The topological polar surface area (TPSA) is 38.8 Å². The third-order valence-electron chi connectivity index (χ3n) is 3.89. The predicted octanol–water partition coefficient (Wildman–Crippen LogP) is 3.16. The molecular weight excluding hydrogens is 278 g/mol. The molecule has 22 heavy (non-hydrogen) atoms. The fourth-order valence-corrected chi connectivity index (χ4v) is 2.97. The van der Waals surface area contributed by atoms with E-state index in [1.807, 2.05) is 24.3 Å². The van der Waals surface area contributed by atoms with Crippen molar-refractivity contribution >= 4 is 5.78 Å². The van der Waals surface area contributed by atoms with E-state index < -0.39 is 0 Å². The summed E-state index contributed by atoms with van der Waals surface area (Å²) in [6, 6.07) is 7.44. The molecule has 1 fully saturated rings. The summed E-state index contributed by atoms with van der Waals surface area (Å²) in [4.78, 5) is 14.0. The van der Waals surface area contributed by atoms with Crippen LogP contribution in [-0.4, -0.2) is 49.1 Å². The van der Waals surface area contributed by atoms with Crippen molar-refractivity contribution in [3.63, 3.8) is 0 Å². The van der Waals surface area contributed by atoms with Gasteiger partial charge in [0.15, 0.2) is 5.78 Å². The van der Waals surface area contributed by atoms with Crippen LogP contribution in [0.4, 0.5) is 0 Å². The van der Waals surface area contributed by atoms with Crippen LogP contribution in [-0.2, 0) is 4.74 Å². The normalized spacial score (nSPS) is 22.5. The number of nitrogens with zero attached hydrogens (tertiary/aromatic N) is 1. The summed E-state index contributed by atoms with van der Waals surface area (Å²) in [5.74, 6) is 0.746. The number of benzene rings is 1. The Morgan fingerprint density at radius 1 is 1.23 bits per heavy atom. The van der Waals surface area contributed by atoms with Gasteiger partial charge in [-0.25, -0.2) is 0 Å². The first-order valence-corrected chi connectivity index (χ1v) is 8.17. The summed E-state index contributed by atoms with van der Waals surface area (Å²) in [7, 11) is 0. The number of carbonyl (C=O) groups excluding carboxylic acids is 1. The second kappa shape index (κ2) is 8.30. The predicted molar refractivity (Wildman–Crippen MR) is 87.6 cm³/mol. The van der Waals surface area contributed by atoms with Gasteiger partial charge in [-0.15, -0.1) is 0 Å². The Hall–Kier alpha value is -1.39. The number of Topliss-reactive ketones (excluding diaryl/α,β-unsaturated/α-hetero) is 1. The Kier molecular flexibility index (Phi) is 6.40. The fourth-order valence-electron chi connectivity index (χ4n) is 2.97. The van der Waals surface area contributed by atoms with E-state index in [2.05, 4.69) is 18.7 Å². The Morgan fingerprint density at radius 3 is 2.59 bits per heavy atom. The molecule has 1 heterocycles. The molecule has 2 rings (SSSR count). The monoisotopic (exact) mass is 305 g/mol. The standard InChI is InChI=1S/C18H27NO3/c1-14-12-19(13-15(2)22-14)10-6-7-11-21-18-9-5-4-8-17(18)16(3)20/h4-5,8-9,14-15H,6-7,10-13H2,1-3H3/t14-,15-/m1/s1. The Labute approximate surface area is 133 Å². The molecule has 0 bridgehead atoms. The number of unbranched alkanes of at least 4 members (excludes halogenated alkanes) is 1. The fraction of sp³-hybridized carbons (Fsp3) is 0.611. The second-order valence-electron chi connectivity index (χ2n) is 6.12. The first kappa shape index (κ1) is 17.0. The summed E-state index contributed by atoms with van der Waals surface area (Å²) in [6.07, 6.45) is 2.73. The van der Waals surface area contributed by atoms with Crippen LogP contribution in [0.15, 0.2) is 24.3 Å². The summed E-state index contributed by atoms with van der Waals surface area (Å²) >= 11 is 0. The van der Waals surface area contributed by atoms with Gasteiger partial charge in [0.2, 0.25) is 0 Å². The lowest BCUT2D eigenvalue weighted by Crippen LogP contribution is -2.45. The van der Waals surface area contributed by atoms with Crippen molar-refractivity contribution < 1.29 is 14.3 Å². The first-order valence-electron chi connectivity index (χ1n) is 8.17. The van der Waals surface area contributed by atoms with E-state index in [-0.39, 0.29) is 5.78 Å². The van der Waals surface area contributed by atoms with Crippen LogP contribution >= 0.6 is 0 Å². The third-order valence-corrected chi connectivity index (χ3v) is 3.89. The highest BCUT2D eigenvalue weighted by Crippen LogP contribution is 2.18. The van der Waals surface area contributed by atoms with E-state index in [1.54, 1.807) is 6.92 Å². The smallest absolute Gasteiger partial charge is 0.163 e. The number of hydrogen-bond acceptors (Lipinski definition) is 4. The molecule has 0 aliphatic carbocycles. The minimum atomic E-state index is 0.0480. The molecule has 122 valence electrons. The molecule has 0 amide bonds. The molecule has 2 atom stereocenters. The SMILES string of the molecule is CC(=O)c1ccccc1OCCCCN1C[C@@H](C)O[C@H](C)C1. The summed E-state index contributed by atoms with van der Waals surface area (Å²) < 4.78 is 11.5. The van der Waals surface area contributed by atoms with Crippen LogP contribution in [0.3, 0.4) is 0 Å². The first-order chi connectivity index (χ1) is 10.6. The molecule has 1 aliphatic heterocycles. The molecule has 0 radical (unpaired) electrons. The van der Waals surface area contributed by atoms with Crippen molar-refractivity contribution in [1.82, 2.24) is 4.90 Å². The van der Waals surface area contributed by atoms with E-state index in [0.29, 0.717) is 30.1 Å². The Morgan fingerprint density at radius 2 is 1.91 bits per heavy atom. The molecule has 0 spiro atoms. The molecule has 4 heteroatoms. The highest BCUT2D eigenvalue weighted by molar-refractivity contribution is 5.96. The number of hydrogen-bond donors (Lipinski definition) is 0. The molecule has 0 aromatic heterocycles. The van der Waals surface area contributed by atoms with E-state index >= 15 is 0 Å². The lowest BCUT2D eigenvalue weighted by molar-refractivity contribution is -0.0682. The molecule has 1 aliphatic rings. The summed E-state index contributed by atoms with van der Waals surface area (Å²) in [5, 5.41) is 0. The maximum Gasteiger partial charge on any atom is 0.163 e. The van der Waals surface area contributed by atoms with Gasteiger partial charge in [0.05, 0.1) is 24.4 Å². The number of ketones is 1. The lowest BCUT2D eigenvalue weighted by Gasteiger charge is -2.35. The zero-order valence-corrected chi connectivity index (χ0v) is 13.9. The molecule has 4 nitrogen and oxygen atoms in total. The van der Waals surface area contributed by atoms with Gasteiger partial charge in [-0.2, -0.15) is 0 Å². The summed E-state index contributed by atoms with van der Waals surface area (Å²) in [5.41, 5.74) is 0.665. The van der Waals surface area contributed by atoms with E-state index in [1.165, 1.54) is 0 Å².